The van der Waals surface area contributed by atoms with Crippen molar-refractivity contribution in [3.8, 4) is 6.07 Å². The lowest BCUT2D eigenvalue weighted by molar-refractivity contribution is -0.126. The lowest BCUT2D eigenvalue weighted by Gasteiger charge is -2.36. The number of rotatable bonds is 6. The van der Waals surface area contributed by atoms with Gasteiger partial charge in [0.1, 0.15) is 0 Å². The van der Waals surface area contributed by atoms with Gasteiger partial charge in [0.25, 0.3) is 0 Å². The molecule has 1 atom stereocenters. The highest BCUT2D eigenvalue weighted by atomic mass is 16.2. The standard InChI is InChI=1S/C31H31N5O/c1-22-7-3-6-10-29(23(22)2)34-31(37)30-15-26-8-4-5-9-27(26)19-35(30)20-28-17-33-21-36(28)18-25-13-11-24(16-32)12-14-25/h3-5,7-14,17,21,30H,6,15,18-20H2,1-2H3,(H,34,37)/t30-/m0/s1. The van der Waals surface area contributed by atoms with Crippen LogP contribution in [0.2, 0.25) is 0 Å². The maximum absolute atomic E-state index is 13.7. The molecule has 1 aliphatic carbocycles. The molecule has 6 nitrogen and oxygen atoms in total. The molecule has 5 rings (SSSR count). The highest BCUT2D eigenvalue weighted by molar-refractivity contribution is 5.85. The second-order valence-electron chi connectivity index (χ2n) is 9.77. The van der Waals surface area contributed by atoms with Crippen molar-refractivity contribution >= 4 is 5.91 Å². The predicted molar refractivity (Wildman–Crippen MR) is 144 cm³/mol. The van der Waals surface area contributed by atoms with E-state index in [0.717, 1.165) is 28.9 Å². The van der Waals surface area contributed by atoms with Crippen LogP contribution in [0.1, 0.15) is 48.2 Å². The van der Waals surface area contributed by atoms with Gasteiger partial charge in [-0.25, -0.2) is 4.98 Å². The molecule has 186 valence electrons. The van der Waals surface area contributed by atoms with Crippen molar-refractivity contribution in [3.63, 3.8) is 0 Å². The Kier molecular flexibility index (Phi) is 7.16. The summed E-state index contributed by atoms with van der Waals surface area (Å²) in [5.41, 5.74) is 8.45. The Hall–Kier alpha value is -4.21. The van der Waals surface area contributed by atoms with Crippen LogP contribution in [-0.4, -0.2) is 26.4 Å². The van der Waals surface area contributed by atoms with Gasteiger partial charge in [-0.1, -0.05) is 54.6 Å². The first-order chi connectivity index (χ1) is 18.0. The van der Waals surface area contributed by atoms with Gasteiger partial charge in [-0.3, -0.25) is 9.69 Å². The van der Waals surface area contributed by atoms with Gasteiger partial charge >= 0.3 is 0 Å². The number of imidazole rings is 1. The second kappa shape index (κ2) is 10.8. The summed E-state index contributed by atoms with van der Waals surface area (Å²) in [7, 11) is 0. The van der Waals surface area contributed by atoms with E-state index >= 15 is 0 Å². The molecule has 0 radical (unpaired) electrons. The van der Waals surface area contributed by atoms with E-state index in [4.69, 9.17) is 5.26 Å². The number of carbonyl (C=O) groups excluding carboxylic acids is 1. The van der Waals surface area contributed by atoms with Crippen LogP contribution in [0.3, 0.4) is 0 Å². The molecule has 1 aliphatic heterocycles. The van der Waals surface area contributed by atoms with Crippen LogP contribution in [-0.2, 0) is 30.8 Å². The van der Waals surface area contributed by atoms with Gasteiger partial charge in [-0.2, -0.15) is 5.26 Å². The molecule has 1 amide bonds. The van der Waals surface area contributed by atoms with E-state index in [2.05, 4.69) is 76.1 Å². The second-order valence-corrected chi connectivity index (χ2v) is 9.77. The first kappa shape index (κ1) is 24.5. The zero-order valence-electron chi connectivity index (χ0n) is 21.3. The minimum Gasteiger partial charge on any atom is -0.329 e. The summed E-state index contributed by atoms with van der Waals surface area (Å²) in [6.07, 6.45) is 11.5. The molecule has 0 spiro atoms. The number of hydrogen-bond acceptors (Lipinski definition) is 4. The third kappa shape index (κ3) is 5.47. The van der Waals surface area contributed by atoms with Crippen molar-refractivity contribution in [2.75, 3.05) is 0 Å². The molecule has 0 saturated carbocycles. The van der Waals surface area contributed by atoms with Crippen molar-refractivity contribution < 1.29 is 4.79 Å². The summed E-state index contributed by atoms with van der Waals surface area (Å²) < 4.78 is 2.12. The monoisotopic (exact) mass is 489 g/mol. The summed E-state index contributed by atoms with van der Waals surface area (Å²) in [5.74, 6) is 0.0213. The molecule has 2 aliphatic rings. The predicted octanol–water partition coefficient (Wildman–Crippen LogP) is 5.03. The van der Waals surface area contributed by atoms with Gasteiger partial charge in [-0.05, 0) is 66.7 Å². The Morgan fingerprint density at radius 2 is 1.89 bits per heavy atom. The highest BCUT2D eigenvalue weighted by Gasteiger charge is 2.32. The number of carbonyl (C=O) groups is 1. The van der Waals surface area contributed by atoms with Crippen LogP contribution in [0.25, 0.3) is 0 Å². The fraction of sp³-hybridized carbons (Fsp3) is 0.258. The fourth-order valence-electron chi connectivity index (χ4n) is 5.00. The molecular formula is C31H31N5O. The summed E-state index contributed by atoms with van der Waals surface area (Å²) in [5, 5.41) is 12.3. The Morgan fingerprint density at radius 1 is 1.11 bits per heavy atom. The molecule has 6 heteroatoms. The minimum atomic E-state index is -0.293. The summed E-state index contributed by atoms with van der Waals surface area (Å²) >= 11 is 0. The van der Waals surface area contributed by atoms with Gasteiger partial charge in [0.15, 0.2) is 0 Å². The van der Waals surface area contributed by atoms with Crippen LogP contribution in [0.4, 0.5) is 0 Å². The number of hydrogen-bond donors (Lipinski definition) is 1. The van der Waals surface area contributed by atoms with E-state index in [-0.39, 0.29) is 11.9 Å². The first-order valence-corrected chi connectivity index (χ1v) is 12.7. The SMILES string of the molecule is CC1=C(C)C(NC(=O)[C@@H]2Cc3ccccc3CN2Cc2cncn2Cc2ccc(C#N)cc2)=CCC=C1. The zero-order chi connectivity index (χ0) is 25.8. The number of benzene rings is 2. The van der Waals surface area contributed by atoms with Crippen LogP contribution in [0.15, 0.2) is 96.1 Å². The Balaban J connectivity index is 1.38. The molecule has 0 saturated heterocycles. The number of allylic oxidation sites excluding steroid dienone is 5. The highest BCUT2D eigenvalue weighted by Crippen LogP contribution is 2.26. The van der Waals surface area contributed by atoms with Crippen molar-refractivity contribution in [3.05, 3.63) is 124 Å². The molecular weight excluding hydrogens is 458 g/mol. The van der Waals surface area contributed by atoms with Gasteiger partial charge in [-0.15, -0.1) is 0 Å². The van der Waals surface area contributed by atoms with Crippen molar-refractivity contribution in [1.82, 2.24) is 19.8 Å². The summed E-state index contributed by atoms with van der Waals surface area (Å²) in [6.45, 7) is 6.11. The van der Waals surface area contributed by atoms with E-state index in [1.54, 1.807) is 0 Å². The molecule has 2 heterocycles. The third-order valence-electron chi connectivity index (χ3n) is 7.33. The number of fused-ring (bicyclic) bond motifs is 1. The number of aromatic nitrogens is 2. The van der Waals surface area contributed by atoms with Gasteiger partial charge < -0.3 is 9.88 Å². The Bertz CT molecular complexity index is 1430. The number of nitriles is 1. The van der Waals surface area contributed by atoms with E-state index in [0.29, 0.717) is 31.6 Å². The molecule has 0 unspecified atom stereocenters. The molecule has 2 aromatic carbocycles. The topological polar surface area (TPSA) is 74.0 Å². The normalized spacial score (nSPS) is 17.5. The largest absolute Gasteiger partial charge is 0.329 e. The minimum absolute atomic E-state index is 0.0213. The van der Waals surface area contributed by atoms with Crippen molar-refractivity contribution in [1.29, 1.82) is 5.26 Å². The summed E-state index contributed by atoms with van der Waals surface area (Å²) in [4.78, 5) is 20.4. The van der Waals surface area contributed by atoms with E-state index in [9.17, 15) is 4.79 Å². The number of nitrogens with zero attached hydrogens (tertiary/aromatic N) is 4. The lowest BCUT2D eigenvalue weighted by Crippen LogP contribution is -2.50. The maximum Gasteiger partial charge on any atom is 0.242 e. The fourth-order valence-corrected chi connectivity index (χ4v) is 5.00. The van der Waals surface area contributed by atoms with Crippen molar-refractivity contribution in [2.45, 2.75) is 52.4 Å². The molecule has 0 bridgehead atoms. The number of nitrogens with one attached hydrogen (secondary N) is 1. The quantitative estimate of drug-likeness (QED) is 0.527. The van der Waals surface area contributed by atoms with Gasteiger partial charge in [0.05, 0.1) is 29.7 Å². The van der Waals surface area contributed by atoms with Crippen LogP contribution >= 0.6 is 0 Å². The Labute approximate surface area is 218 Å². The smallest absolute Gasteiger partial charge is 0.242 e. The molecule has 1 N–H and O–H groups in total. The van der Waals surface area contributed by atoms with Gasteiger partial charge in [0, 0.05) is 31.5 Å². The number of amides is 1. The molecule has 1 aromatic heterocycles. The maximum atomic E-state index is 13.7. The van der Waals surface area contributed by atoms with Crippen LogP contribution in [0.5, 0.6) is 0 Å². The average molecular weight is 490 g/mol. The molecule has 37 heavy (non-hydrogen) atoms. The molecule has 3 aromatic rings. The summed E-state index contributed by atoms with van der Waals surface area (Å²) in [6, 6.07) is 17.9. The zero-order valence-corrected chi connectivity index (χ0v) is 21.3. The third-order valence-corrected chi connectivity index (χ3v) is 7.33. The lowest BCUT2D eigenvalue weighted by atomic mass is 9.93. The van der Waals surface area contributed by atoms with Crippen LogP contribution in [0, 0.1) is 11.3 Å². The van der Waals surface area contributed by atoms with Gasteiger partial charge in [0.2, 0.25) is 5.91 Å². The van der Waals surface area contributed by atoms with E-state index < -0.39 is 0 Å². The Morgan fingerprint density at radius 3 is 2.68 bits per heavy atom. The molecule has 0 fully saturated rings. The average Bonchev–Trinajstić information content (AvgIpc) is 3.29. The first-order valence-electron chi connectivity index (χ1n) is 12.7. The van der Waals surface area contributed by atoms with Crippen molar-refractivity contribution in [2.24, 2.45) is 0 Å². The van der Waals surface area contributed by atoms with Crippen LogP contribution < -0.4 is 5.32 Å². The van der Waals surface area contributed by atoms with E-state index in [1.165, 1.54) is 16.7 Å². The van der Waals surface area contributed by atoms with E-state index in [1.807, 2.05) is 42.9 Å².